The fraction of sp³-hybridized carbons (Fsp3) is 0.261. The number of carbonyl (C=O) groups is 3. The van der Waals surface area contributed by atoms with Crippen LogP contribution in [-0.4, -0.2) is 48.0 Å². The first-order valence-corrected chi connectivity index (χ1v) is 10.2. The summed E-state index contributed by atoms with van der Waals surface area (Å²) in [5.74, 6) is -0.186. The van der Waals surface area contributed by atoms with Gasteiger partial charge < -0.3 is 4.74 Å². The molecule has 0 bridgehead atoms. The van der Waals surface area contributed by atoms with Gasteiger partial charge in [-0.2, -0.15) is 0 Å². The van der Waals surface area contributed by atoms with Gasteiger partial charge in [-0.25, -0.2) is 9.69 Å². The van der Waals surface area contributed by atoms with E-state index in [0.29, 0.717) is 22.7 Å². The molecule has 1 N–H and O–H groups in total. The summed E-state index contributed by atoms with van der Waals surface area (Å²) in [5, 5.41) is 2.56. The van der Waals surface area contributed by atoms with Gasteiger partial charge in [0.1, 0.15) is 5.75 Å². The summed E-state index contributed by atoms with van der Waals surface area (Å²) in [6, 6.07) is 12.6. The van der Waals surface area contributed by atoms with Crippen LogP contribution in [0.5, 0.6) is 5.75 Å². The van der Waals surface area contributed by atoms with Gasteiger partial charge in [-0.15, -0.1) is 0 Å². The van der Waals surface area contributed by atoms with Gasteiger partial charge >= 0.3 is 11.3 Å². The molecule has 170 valence electrons. The van der Waals surface area contributed by atoms with Crippen LogP contribution in [0.25, 0.3) is 5.69 Å². The van der Waals surface area contributed by atoms with Crippen molar-refractivity contribution in [3.8, 4) is 11.4 Å². The van der Waals surface area contributed by atoms with Gasteiger partial charge in [0.05, 0.1) is 31.8 Å². The smallest absolute Gasteiger partial charge is 0.431 e. The second-order valence-corrected chi connectivity index (χ2v) is 7.77. The molecule has 2 aromatic carbocycles. The van der Waals surface area contributed by atoms with Crippen LogP contribution >= 0.6 is 0 Å². The molecule has 1 aliphatic rings. The van der Waals surface area contributed by atoms with E-state index >= 15 is 0 Å². The standard InChI is InChI=1S/C23H22N4O6/c1-14(28)15-4-6-16(7-5-15)26-21(29)12-19(22(26)30)25(2)13-20-23(31)33-24-27(20)17-8-10-18(32-3)11-9-17/h4-11,19H,12-13H2,1-3H3/p+1. The van der Waals surface area contributed by atoms with Crippen molar-refractivity contribution >= 4 is 23.3 Å². The number of anilines is 1. The number of hydrogen-bond donors (Lipinski definition) is 1. The lowest BCUT2D eigenvalue weighted by Crippen LogP contribution is -2.45. The predicted molar refractivity (Wildman–Crippen MR) is 116 cm³/mol. The van der Waals surface area contributed by atoms with Crippen molar-refractivity contribution < 1.29 is 28.3 Å². The number of likely N-dealkylation sites (N-methyl/N-ethyl adjacent to an activating group) is 1. The first kappa shape index (κ1) is 22.2. The zero-order valence-electron chi connectivity index (χ0n) is 18.4. The molecule has 1 atom stereocenters. The molecule has 10 heteroatoms. The number of nitrogens with one attached hydrogen (secondary N) is 1. The number of hydrogen-bond acceptors (Lipinski definition) is 7. The molecule has 1 fully saturated rings. The molecule has 0 radical (unpaired) electrons. The van der Waals surface area contributed by atoms with Crippen LogP contribution in [0, 0.1) is 0 Å². The maximum Gasteiger partial charge on any atom is 0.431 e. The number of rotatable bonds is 7. The highest BCUT2D eigenvalue weighted by Gasteiger charge is 2.43. The molecule has 3 aromatic rings. The van der Waals surface area contributed by atoms with Crippen LogP contribution in [0.15, 0.2) is 57.8 Å². The lowest BCUT2D eigenvalue weighted by Gasteiger charge is -2.21. The number of aromatic amines is 1. The summed E-state index contributed by atoms with van der Waals surface area (Å²) in [4.78, 5) is 52.3. The molecule has 1 aliphatic heterocycles. The molecule has 1 saturated heterocycles. The Balaban J connectivity index is 1.55. The van der Waals surface area contributed by atoms with E-state index in [-0.39, 0.29) is 30.3 Å². The van der Waals surface area contributed by atoms with E-state index in [0.717, 1.165) is 4.90 Å². The normalized spacial score (nSPS) is 16.0. The number of amides is 2. The molecule has 1 aromatic heterocycles. The van der Waals surface area contributed by atoms with Gasteiger partial charge in [0.2, 0.25) is 11.6 Å². The lowest BCUT2D eigenvalue weighted by atomic mass is 10.1. The molecule has 33 heavy (non-hydrogen) atoms. The fourth-order valence-electron chi connectivity index (χ4n) is 3.79. The Bertz CT molecular complexity index is 1260. The minimum absolute atomic E-state index is 0.0257. The summed E-state index contributed by atoms with van der Waals surface area (Å²) in [5.41, 5.74) is 1.23. The van der Waals surface area contributed by atoms with Crippen molar-refractivity contribution in [3.63, 3.8) is 0 Å². The number of ether oxygens (including phenoxy) is 1. The Hall–Kier alpha value is -4.05. The number of H-pyrrole nitrogens is 1. The van der Waals surface area contributed by atoms with Crippen LogP contribution in [0.4, 0.5) is 5.69 Å². The van der Waals surface area contributed by atoms with E-state index in [1.54, 1.807) is 67.6 Å². The molecule has 1 unspecified atom stereocenters. The van der Waals surface area contributed by atoms with Crippen LogP contribution in [0.3, 0.4) is 0 Å². The van der Waals surface area contributed by atoms with E-state index in [9.17, 15) is 19.2 Å². The first-order valence-electron chi connectivity index (χ1n) is 10.2. The van der Waals surface area contributed by atoms with Crippen molar-refractivity contribution in [2.24, 2.45) is 0 Å². The quantitative estimate of drug-likeness (QED) is 0.326. The second-order valence-electron chi connectivity index (χ2n) is 7.77. The number of Topliss-reactive ketones (excluding diaryl/α,β-unsaturated/α-hetero) is 1. The van der Waals surface area contributed by atoms with Gasteiger partial charge in [0.15, 0.2) is 5.78 Å². The number of carbonyl (C=O) groups excluding carboxylic acids is 3. The highest BCUT2D eigenvalue weighted by atomic mass is 16.5. The monoisotopic (exact) mass is 451 g/mol. The zero-order chi connectivity index (χ0) is 23.7. The van der Waals surface area contributed by atoms with Gasteiger partial charge in [0.25, 0.3) is 5.91 Å². The van der Waals surface area contributed by atoms with Gasteiger partial charge in [-0.1, -0.05) is 0 Å². The van der Waals surface area contributed by atoms with Crippen LogP contribution in [-0.2, 0) is 16.1 Å². The molecule has 2 amide bonds. The third-order valence-electron chi connectivity index (χ3n) is 5.65. The Morgan fingerprint density at radius 1 is 1.15 bits per heavy atom. The first-order chi connectivity index (χ1) is 15.8. The number of ketones is 1. The van der Waals surface area contributed by atoms with Gasteiger partial charge in [-0.3, -0.25) is 23.8 Å². The Morgan fingerprint density at radius 2 is 1.82 bits per heavy atom. The van der Waals surface area contributed by atoms with E-state index < -0.39 is 17.6 Å². The summed E-state index contributed by atoms with van der Waals surface area (Å²) in [6.07, 6.45) is -0.0257. The second kappa shape index (κ2) is 8.83. The molecule has 0 spiro atoms. The summed E-state index contributed by atoms with van der Waals surface area (Å²) >= 11 is 0. The number of benzene rings is 2. The topological polar surface area (TPSA) is 117 Å². The van der Waals surface area contributed by atoms with Crippen LogP contribution in [0.2, 0.25) is 0 Å². The molecular weight excluding hydrogens is 428 g/mol. The molecule has 0 saturated carbocycles. The average molecular weight is 451 g/mol. The molecule has 10 nitrogen and oxygen atoms in total. The van der Waals surface area contributed by atoms with Crippen molar-refractivity contribution in [3.05, 3.63) is 70.2 Å². The summed E-state index contributed by atoms with van der Waals surface area (Å²) in [6.45, 7) is 1.51. The summed E-state index contributed by atoms with van der Waals surface area (Å²) < 4.78 is 11.6. The summed E-state index contributed by atoms with van der Waals surface area (Å²) in [7, 11) is 3.23. The maximum atomic E-state index is 13.1. The fourth-order valence-corrected chi connectivity index (χ4v) is 3.79. The highest BCUT2D eigenvalue weighted by Crippen LogP contribution is 2.26. The SMILES string of the molecule is COc1ccc(-[n+]2[nH]oc(=O)c2CN(C)C2CC(=O)N(c3ccc(C(C)=O)cc3)C2=O)cc1. The van der Waals surface area contributed by atoms with Crippen molar-refractivity contribution in [1.82, 2.24) is 10.2 Å². The predicted octanol–water partition coefficient (Wildman–Crippen LogP) is 1.22. The highest BCUT2D eigenvalue weighted by molar-refractivity contribution is 6.22. The third kappa shape index (κ3) is 4.20. The van der Waals surface area contributed by atoms with Gasteiger partial charge in [0, 0.05) is 17.7 Å². The van der Waals surface area contributed by atoms with Crippen molar-refractivity contribution in [1.29, 1.82) is 0 Å². The number of imide groups is 1. The number of nitrogens with zero attached hydrogens (tertiary/aromatic N) is 3. The minimum Gasteiger partial charge on any atom is -0.497 e. The zero-order valence-corrected chi connectivity index (χ0v) is 18.4. The molecule has 0 aliphatic carbocycles. The van der Waals surface area contributed by atoms with E-state index in [1.165, 1.54) is 11.6 Å². The van der Waals surface area contributed by atoms with Gasteiger partial charge in [-0.05, 0) is 60.3 Å². The van der Waals surface area contributed by atoms with E-state index in [2.05, 4.69) is 5.27 Å². The van der Waals surface area contributed by atoms with Crippen molar-refractivity contribution in [2.45, 2.75) is 25.9 Å². The average Bonchev–Trinajstić information content (AvgIpc) is 3.32. The molecule has 4 rings (SSSR count). The van der Waals surface area contributed by atoms with Crippen molar-refractivity contribution in [2.75, 3.05) is 19.1 Å². The Morgan fingerprint density at radius 3 is 2.42 bits per heavy atom. The van der Waals surface area contributed by atoms with Crippen LogP contribution in [0.1, 0.15) is 29.4 Å². The van der Waals surface area contributed by atoms with Crippen LogP contribution < -0.4 is 19.9 Å². The third-order valence-corrected chi connectivity index (χ3v) is 5.65. The Labute approximate surface area is 188 Å². The lowest BCUT2D eigenvalue weighted by molar-refractivity contribution is -0.678. The van der Waals surface area contributed by atoms with E-state index in [4.69, 9.17) is 9.26 Å². The Kier molecular flexibility index (Phi) is 5.93. The largest absolute Gasteiger partial charge is 0.497 e. The maximum absolute atomic E-state index is 13.1. The molecule has 2 heterocycles. The molecular formula is C23H23N4O6+. The number of aromatic nitrogens is 2. The van der Waals surface area contributed by atoms with E-state index in [1.807, 2.05) is 0 Å². The number of methoxy groups -OCH3 is 1. The minimum atomic E-state index is -0.747.